The van der Waals surface area contributed by atoms with E-state index in [1.54, 1.807) is 23.3 Å². The second-order valence-electron chi connectivity index (χ2n) is 7.99. The molecule has 3 aromatic carbocycles. The summed E-state index contributed by atoms with van der Waals surface area (Å²) in [7, 11) is 0. The van der Waals surface area contributed by atoms with Crippen LogP contribution in [-0.2, 0) is 14.4 Å². The normalized spacial score (nSPS) is 22.9. The van der Waals surface area contributed by atoms with Crippen LogP contribution in [0.4, 0.5) is 15.8 Å². The molecule has 5 nitrogen and oxygen atoms in total. The number of halogens is 1. The molecule has 0 unspecified atom stereocenters. The Balaban J connectivity index is 1.58. The van der Waals surface area contributed by atoms with Crippen molar-refractivity contribution in [1.29, 1.82) is 0 Å². The van der Waals surface area contributed by atoms with Crippen molar-refractivity contribution in [3.8, 4) is 0 Å². The second-order valence-corrected chi connectivity index (χ2v) is 7.99. The van der Waals surface area contributed by atoms with E-state index in [4.69, 9.17) is 4.84 Å². The Morgan fingerprint density at radius 3 is 2.19 bits per heavy atom. The number of para-hydroxylation sites is 1. The SMILES string of the molecule is Cc1ccc(N2C(=O)[C@@H]3[C@@H](ON(c4ccccc4)[C@H]3c3ccc(F)cc3)C2=O)cc1C. The van der Waals surface area contributed by atoms with Crippen molar-refractivity contribution < 1.29 is 18.8 Å². The van der Waals surface area contributed by atoms with E-state index in [0.29, 0.717) is 11.3 Å². The summed E-state index contributed by atoms with van der Waals surface area (Å²) in [5.41, 5.74) is 4.06. The second kappa shape index (κ2) is 7.32. The Morgan fingerprint density at radius 1 is 0.806 bits per heavy atom. The summed E-state index contributed by atoms with van der Waals surface area (Å²) >= 11 is 0. The number of carbonyl (C=O) groups excluding carboxylic acids is 2. The average Bonchev–Trinajstić information content (AvgIpc) is 3.28. The van der Waals surface area contributed by atoms with E-state index in [2.05, 4.69) is 0 Å². The Kier molecular flexibility index (Phi) is 4.59. The fraction of sp³-hybridized carbons (Fsp3) is 0.200. The van der Waals surface area contributed by atoms with Crippen molar-refractivity contribution >= 4 is 23.2 Å². The van der Waals surface area contributed by atoms with Crippen LogP contribution in [0.5, 0.6) is 0 Å². The smallest absolute Gasteiger partial charge is 0.266 e. The quantitative estimate of drug-likeness (QED) is 0.590. The standard InChI is InChI=1S/C25H21FN2O3/c1-15-8-13-20(14-16(15)2)27-24(29)21-22(17-9-11-18(26)12-10-17)28(31-23(21)25(27)30)19-6-4-3-5-7-19/h3-14,21-23H,1-2H3/t21-,22-,23+/m0/s1. The van der Waals surface area contributed by atoms with Gasteiger partial charge < -0.3 is 0 Å². The predicted octanol–water partition coefficient (Wildman–Crippen LogP) is 4.49. The predicted molar refractivity (Wildman–Crippen MR) is 115 cm³/mol. The molecular weight excluding hydrogens is 395 g/mol. The summed E-state index contributed by atoms with van der Waals surface area (Å²) in [5, 5.41) is 1.61. The molecule has 2 fully saturated rings. The lowest BCUT2D eigenvalue weighted by Crippen LogP contribution is -2.37. The zero-order valence-electron chi connectivity index (χ0n) is 17.2. The monoisotopic (exact) mass is 416 g/mol. The van der Waals surface area contributed by atoms with E-state index >= 15 is 0 Å². The number of amides is 2. The van der Waals surface area contributed by atoms with E-state index in [-0.39, 0.29) is 17.6 Å². The number of fused-ring (bicyclic) bond motifs is 1. The van der Waals surface area contributed by atoms with Crippen molar-refractivity contribution in [2.24, 2.45) is 5.92 Å². The molecule has 3 aromatic rings. The summed E-state index contributed by atoms with van der Waals surface area (Å²) < 4.78 is 13.6. The number of hydrogen-bond acceptors (Lipinski definition) is 4. The molecule has 0 bridgehead atoms. The van der Waals surface area contributed by atoms with Crippen molar-refractivity contribution in [2.45, 2.75) is 26.0 Å². The van der Waals surface area contributed by atoms with Crippen LogP contribution in [0.25, 0.3) is 0 Å². The van der Waals surface area contributed by atoms with E-state index in [1.165, 1.54) is 17.0 Å². The fourth-order valence-corrected chi connectivity index (χ4v) is 4.33. The Morgan fingerprint density at radius 2 is 1.52 bits per heavy atom. The van der Waals surface area contributed by atoms with Crippen LogP contribution in [0.1, 0.15) is 22.7 Å². The first-order valence-corrected chi connectivity index (χ1v) is 10.2. The van der Waals surface area contributed by atoms with Crippen LogP contribution in [0.3, 0.4) is 0 Å². The summed E-state index contributed by atoms with van der Waals surface area (Å²) in [6, 6.07) is 20.3. The van der Waals surface area contributed by atoms with Gasteiger partial charge in [0.15, 0.2) is 6.10 Å². The minimum absolute atomic E-state index is 0.314. The molecular formula is C25H21FN2O3. The minimum atomic E-state index is -0.940. The van der Waals surface area contributed by atoms with Gasteiger partial charge in [0.2, 0.25) is 5.91 Å². The Bertz CT molecular complexity index is 1160. The lowest BCUT2D eigenvalue weighted by Gasteiger charge is -2.28. The highest BCUT2D eigenvalue weighted by atomic mass is 19.1. The third kappa shape index (κ3) is 3.11. The van der Waals surface area contributed by atoms with Crippen molar-refractivity contribution in [3.63, 3.8) is 0 Å². The zero-order chi connectivity index (χ0) is 21.7. The summed E-state index contributed by atoms with van der Waals surface area (Å²) in [6.07, 6.45) is -0.940. The molecule has 2 aliphatic heterocycles. The van der Waals surface area contributed by atoms with E-state index in [9.17, 15) is 14.0 Å². The van der Waals surface area contributed by atoms with Crippen molar-refractivity contribution in [2.75, 3.05) is 9.96 Å². The highest BCUT2D eigenvalue weighted by molar-refractivity contribution is 6.24. The highest BCUT2D eigenvalue weighted by Crippen LogP contribution is 2.47. The summed E-state index contributed by atoms with van der Waals surface area (Å²) in [6.45, 7) is 3.92. The van der Waals surface area contributed by atoms with E-state index in [1.807, 2.05) is 56.3 Å². The van der Waals surface area contributed by atoms with Crippen LogP contribution in [0.15, 0.2) is 72.8 Å². The topological polar surface area (TPSA) is 49.9 Å². The summed E-state index contributed by atoms with van der Waals surface area (Å²) in [5.74, 6) is -1.80. The van der Waals surface area contributed by atoms with Crippen LogP contribution >= 0.6 is 0 Å². The first-order chi connectivity index (χ1) is 15.0. The van der Waals surface area contributed by atoms with Gasteiger partial charge in [0, 0.05) is 0 Å². The third-order valence-corrected chi connectivity index (χ3v) is 6.09. The van der Waals surface area contributed by atoms with Crippen LogP contribution in [0, 0.1) is 25.6 Å². The largest absolute Gasteiger partial charge is 0.273 e. The number of anilines is 2. The van der Waals surface area contributed by atoms with Gasteiger partial charge in [-0.15, -0.1) is 0 Å². The van der Waals surface area contributed by atoms with E-state index in [0.717, 1.165) is 16.8 Å². The van der Waals surface area contributed by atoms with Gasteiger partial charge in [-0.1, -0.05) is 36.4 Å². The molecule has 2 saturated heterocycles. The molecule has 2 aliphatic rings. The van der Waals surface area contributed by atoms with Crippen LogP contribution in [0.2, 0.25) is 0 Å². The number of hydrogen-bond donors (Lipinski definition) is 0. The zero-order valence-corrected chi connectivity index (χ0v) is 17.2. The number of aryl methyl sites for hydroxylation is 2. The molecule has 0 radical (unpaired) electrons. The Hall–Kier alpha value is -3.51. The third-order valence-electron chi connectivity index (χ3n) is 6.09. The Labute approximate surface area is 179 Å². The maximum Gasteiger partial charge on any atom is 0.266 e. The molecule has 3 atom stereocenters. The molecule has 0 aromatic heterocycles. The molecule has 5 rings (SSSR count). The van der Waals surface area contributed by atoms with Gasteiger partial charge in [0.25, 0.3) is 5.91 Å². The highest BCUT2D eigenvalue weighted by Gasteiger charge is 2.60. The number of hydroxylamine groups is 1. The minimum Gasteiger partial charge on any atom is -0.273 e. The molecule has 156 valence electrons. The number of rotatable bonds is 3. The molecule has 2 heterocycles. The van der Waals surface area contributed by atoms with Gasteiger partial charge in [0.05, 0.1) is 17.4 Å². The van der Waals surface area contributed by atoms with Gasteiger partial charge in [-0.05, 0) is 66.9 Å². The van der Waals surface area contributed by atoms with Crippen LogP contribution in [-0.4, -0.2) is 17.9 Å². The van der Waals surface area contributed by atoms with Crippen molar-refractivity contribution in [3.05, 3.63) is 95.3 Å². The maximum atomic E-state index is 13.6. The lowest BCUT2D eigenvalue weighted by molar-refractivity contribution is -0.126. The molecule has 0 N–H and O–H groups in total. The lowest BCUT2D eigenvalue weighted by atomic mass is 9.90. The average molecular weight is 416 g/mol. The number of nitrogens with zero attached hydrogens (tertiary/aromatic N) is 2. The number of imide groups is 1. The summed E-state index contributed by atoms with van der Waals surface area (Å²) in [4.78, 5) is 34.1. The van der Waals surface area contributed by atoms with Gasteiger partial charge in [-0.2, -0.15) is 0 Å². The number of carbonyl (C=O) groups is 2. The molecule has 2 amide bonds. The first-order valence-electron chi connectivity index (χ1n) is 10.2. The fourth-order valence-electron chi connectivity index (χ4n) is 4.33. The molecule has 31 heavy (non-hydrogen) atoms. The number of benzene rings is 3. The molecule has 0 spiro atoms. The van der Waals surface area contributed by atoms with Crippen LogP contribution < -0.4 is 9.96 Å². The maximum absolute atomic E-state index is 13.6. The first kappa shape index (κ1) is 19.5. The molecule has 6 heteroatoms. The van der Waals surface area contributed by atoms with E-state index < -0.39 is 18.1 Å². The van der Waals surface area contributed by atoms with Gasteiger partial charge in [0.1, 0.15) is 11.7 Å². The molecule has 0 aliphatic carbocycles. The molecule has 0 saturated carbocycles. The van der Waals surface area contributed by atoms with Gasteiger partial charge >= 0.3 is 0 Å². The van der Waals surface area contributed by atoms with Gasteiger partial charge in [-0.25, -0.2) is 14.4 Å². The van der Waals surface area contributed by atoms with Gasteiger partial charge in [-0.3, -0.25) is 14.4 Å². The van der Waals surface area contributed by atoms with Crippen molar-refractivity contribution in [1.82, 2.24) is 0 Å².